The first-order valence-corrected chi connectivity index (χ1v) is 7.74. The number of rotatable bonds is 3. The van der Waals surface area contributed by atoms with Crippen LogP contribution in [0.3, 0.4) is 0 Å². The van der Waals surface area contributed by atoms with Gasteiger partial charge in [-0.3, -0.25) is 4.79 Å². The van der Waals surface area contributed by atoms with E-state index < -0.39 is 4.83 Å². The van der Waals surface area contributed by atoms with Crippen LogP contribution < -0.4 is 14.2 Å². The summed E-state index contributed by atoms with van der Waals surface area (Å²) in [6, 6.07) is 13.2. The Bertz CT molecular complexity index is 714. The third-order valence-electron chi connectivity index (χ3n) is 3.75. The summed E-state index contributed by atoms with van der Waals surface area (Å²) in [4.78, 5) is 11.6. The molecule has 1 aliphatic heterocycles. The summed E-state index contributed by atoms with van der Waals surface area (Å²) < 4.78 is 16.0. The fraction of sp³-hybridized carbons (Fsp3) is 0.235. The van der Waals surface area contributed by atoms with Gasteiger partial charge in [0.25, 0.3) is 0 Å². The van der Waals surface area contributed by atoms with E-state index in [2.05, 4.69) is 15.9 Å². The van der Waals surface area contributed by atoms with E-state index in [4.69, 9.17) is 14.2 Å². The topological polar surface area (TPSA) is 44.8 Å². The number of carbonyl (C=O) groups excluding carboxylic acids is 1. The number of hydrogen-bond donors (Lipinski definition) is 0. The van der Waals surface area contributed by atoms with Gasteiger partial charge < -0.3 is 14.2 Å². The predicted molar refractivity (Wildman–Crippen MR) is 86.2 cm³/mol. The van der Waals surface area contributed by atoms with Crippen molar-refractivity contribution in [2.24, 2.45) is 0 Å². The maximum Gasteiger partial charge on any atom is 0.326 e. The summed E-state index contributed by atoms with van der Waals surface area (Å²) in [6.45, 7) is 0. The van der Waals surface area contributed by atoms with Crippen molar-refractivity contribution in [3.8, 4) is 17.2 Å². The molecular weight excluding hydrogens is 348 g/mol. The van der Waals surface area contributed by atoms with E-state index in [0.717, 1.165) is 11.1 Å². The van der Waals surface area contributed by atoms with Crippen LogP contribution in [-0.2, 0) is 4.79 Å². The second-order valence-electron chi connectivity index (χ2n) is 4.95. The molecule has 3 rings (SSSR count). The Kier molecular flexibility index (Phi) is 4.07. The molecule has 22 heavy (non-hydrogen) atoms. The van der Waals surface area contributed by atoms with Crippen molar-refractivity contribution in [3.05, 3.63) is 53.6 Å². The molecule has 0 spiro atoms. The summed E-state index contributed by atoms with van der Waals surface area (Å²) in [5.74, 6) is 1.46. The molecule has 0 aliphatic carbocycles. The molecule has 2 aromatic carbocycles. The number of esters is 1. The van der Waals surface area contributed by atoms with Crippen molar-refractivity contribution in [2.75, 3.05) is 14.2 Å². The van der Waals surface area contributed by atoms with Crippen molar-refractivity contribution in [1.82, 2.24) is 0 Å². The summed E-state index contributed by atoms with van der Waals surface area (Å²) in [5.41, 5.74) is 1.93. The van der Waals surface area contributed by atoms with Crippen LogP contribution in [0.2, 0.25) is 0 Å². The maximum atomic E-state index is 12.1. The first-order valence-electron chi connectivity index (χ1n) is 6.82. The second kappa shape index (κ2) is 6.01. The number of benzene rings is 2. The molecule has 0 amide bonds. The van der Waals surface area contributed by atoms with Gasteiger partial charge in [0, 0.05) is 11.5 Å². The van der Waals surface area contributed by atoms with Gasteiger partial charge in [0.2, 0.25) is 0 Å². The van der Waals surface area contributed by atoms with Gasteiger partial charge in [-0.2, -0.15) is 0 Å². The van der Waals surface area contributed by atoms with Gasteiger partial charge in [-0.05, 0) is 23.8 Å². The number of alkyl halides is 1. The minimum Gasteiger partial charge on any atom is -0.493 e. The highest BCUT2D eigenvalue weighted by Crippen LogP contribution is 2.43. The number of fused-ring (bicyclic) bond motifs is 1. The van der Waals surface area contributed by atoms with E-state index in [-0.39, 0.29) is 11.9 Å². The Labute approximate surface area is 137 Å². The minimum atomic E-state index is -0.444. The Morgan fingerprint density at radius 1 is 1.05 bits per heavy atom. The molecule has 114 valence electrons. The van der Waals surface area contributed by atoms with Crippen molar-refractivity contribution in [3.63, 3.8) is 0 Å². The Balaban J connectivity index is 2.12. The van der Waals surface area contributed by atoms with Gasteiger partial charge in [-0.25, -0.2) is 0 Å². The van der Waals surface area contributed by atoms with Crippen molar-refractivity contribution < 1.29 is 19.0 Å². The fourth-order valence-electron chi connectivity index (χ4n) is 2.68. The van der Waals surface area contributed by atoms with Crippen LogP contribution in [0.4, 0.5) is 0 Å². The Morgan fingerprint density at radius 2 is 1.77 bits per heavy atom. The van der Waals surface area contributed by atoms with Gasteiger partial charge in [0.1, 0.15) is 10.6 Å². The largest absolute Gasteiger partial charge is 0.493 e. The number of carbonyl (C=O) groups is 1. The second-order valence-corrected chi connectivity index (χ2v) is 5.94. The number of methoxy groups -OCH3 is 2. The third kappa shape index (κ3) is 2.46. The van der Waals surface area contributed by atoms with E-state index in [1.165, 1.54) is 0 Å². The van der Waals surface area contributed by atoms with Gasteiger partial charge >= 0.3 is 5.97 Å². The molecule has 0 aromatic heterocycles. The first-order chi connectivity index (χ1) is 10.7. The van der Waals surface area contributed by atoms with Crippen LogP contribution in [0.1, 0.15) is 17.0 Å². The molecule has 0 saturated heterocycles. The fourth-order valence-corrected chi connectivity index (χ4v) is 3.37. The van der Waals surface area contributed by atoms with E-state index in [1.54, 1.807) is 20.3 Å². The molecule has 0 fully saturated rings. The predicted octanol–water partition coefficient (Wildman–Crippen LogP) is 3.52. The summed E-state index contributed by atoms with van der Waals surface area (Å²) >= 11 is 3.46. The molecule has 0 N–H and O–H groups in total. The zero-order valence-electron chi connectivity index (χ0n) is 12.2. The van der Waals surface area contributed by atoms with Crippen LogP contribution in [0.25, 0.3) is 0 Å². The standard InChI is InChI=1S/C17H15BrO4/c1-20-13-8-7-10(9-14(13)21-2)15-11-5-3-4-6-12(11)22-17(19)16(15)18/h3-9,15-16H,1-2H3/t15-,16+/m1/s1. The van der Waals surface area contributed by atoms with E-state index in [1.807, 2.05) is 36.4 Å². The normalized spacial score (nSPS) is 20.0. The average Bonchev–Trinajstić information content (AvgIpc) is 2.55. The highest BCUT2D eigenvalue weighted by Gasteiger charge is 2.37. The smallest absolute Gasteiger partial charge is 0.326 e. The molecule has 2 atom stereocenters. The van der Waals surface area contributed by atoms with Crippen molar-refractivity contribution in [2.45, 2.75) is 10.7 Å². The molecule has 1 heterocycles. The lowest BCUT2D eigenvalue weighted by Gasteiger charge is -2.29. The lowest BCUT2D eigenvalue weighted by molar-refractivity contribution is -0.134. The number of hydrogen-bond acceptors (Lipinski definition) is 4. The average molecular weight is 363 g/mol. The molecule has 1 aliphatic rings. The van der Waals surface area contributed by atoms with Crippen LogP contribution in [0.5, 0.6) is 17.2 Å². The van der Waals surface area contributed by atoms with E-state index in [0.29, 0.717) is 17.2 Å². The van der Waals surface area contributed by atoms with E-state index >= 15 is 0 Å². The van der Waals surface area contributed by atoms with Crippen LogP contribution in [0.15, 0.2) is 42.5 Å². The number of ether oxygens (including phenoxy) is 3. The molecule has 2 aromatic rings. The zero-order valence-corrected chi connectivity index (χ0v) is 13.8. The molecular formula is C17H15BrO4. The third-order valence-corrected chi connectivity index (χ3v) is 4.65. The molecule has 0 unspecified atom stereocenters. The van der Waals surface area contributed by atoms with Crippen molar-refractivity contribution in [1.29, 1.82) is 0 Å². The Hall–Kier alpha value is -2.01. The highest BCUT2D eigenvalue weighted by molar-refractivity contribution is 9.10. The highest BCUT2D eigenvalue weighted by atomic mass is 79.9. The molecule has 0 radical (unpaired) electrons. The van der Waals surface area contributed by atoms with Gasteiger partial charge in [0.15, 0.2) is 11.5 Å². The lowest BCUT2D eigenvalue weighted by Crippen LogP contribution is -2.32. The minimum absolute atomic E-state index is 0.141. The SMILES string of the molecule is COc1ccc([C@@H]2c3ccccc3OC(=O)[C@H]2Br)cc1OC. The molecule has 0 bridgehead atoms. The van der Waals surface area contributed by atoms with E-state index in [9.17, 15) is 4.79 Å². The van der Waals surface area contributed by atoms with Gasteiger partial charge in [-0.1, -0.05) is 40.2 Å². The number of halogens is 1. The van der Waals surface area contributed by atoms with Crippen LogP contribution >= 0.6 is 15.9 Å². The molecule has 0 saturated carbocycles. The summed E-state index contributed by atoms with van der Waals surface area (Å²) in [6.07, 6.45) is 0. The van der Waals surface area contributed by atoms with Gasteiger partial charge in [0.05, 0.1) is 14.2 Å². The zero-order chi connectivity index (χ0) is 15.7. The Morgan fingerprint density at radius 3 is 2.50 bits per heavy atom. The molecule has 5 heteroatoms. The monoisotopic (exact) mass is 362 g/mol. The van der Waals surface area contributed by atoms with Crippen molar-refractivity contribution >= 4 is 21.9 Å². The van der Waals surface area contributed by atoms with Crippen LogP contribution in [0, 0.1) is 0 Å². The lowest BCUT2D eigenvalue weighted by atomic mass is 9.86. The quantitative estimate of drug-likeness (QED) is 0.476. The summed E-state index contributed by atoms with van der Waals surface area (Å²) in [7, 11) is 3.19. The number of para-hydroxylation sites is 1. The van der Waals surface area contributed by atoms with Gasteiger partial charge in [-0.15, -0.1) is 0 Å². The van der Waals surface area contributed by atoms with Crippen LogP contribution in [-0.4, -0.2) is 25.0 Å². The molecule has 4 nitrogen and oxygen atoms in total. The maximum absolute atomic E-state index is 12.1. The summed E-state index contributed by atoms with van der Waals surface area (Å²) in [5, 5.41) is 0. The first kappa shape index (κ1) is 14.9.